The average Bonchev–Trinajstić information content (AvgIpc) is 2.66. The predicted molar refractivity (Wildman–Crippen MR) is 68.1 cm³/mol. The van der Waals surface area contributed by atoms with Crippen molar-refractivity contribution in [1.82, 2.24) is 14.8 Å². The SMILES string of the molecule is Cc1nn(-c2ccnc(C(N)=NO)c2)c(C)c1C. The van der Waals surface area contributed by atoms with Gasteiger partial charge in [-0.25, -0.2) is 4.68 Å². The second-order valence-electron chi connectivity index (χ2n) is 4.09. The normalized spacial score (nSPS) is 11.8. The van der Waals surface area contributed by atoms with Gasteiger partial charge in [-0.3, -0.25) is 4.98 Å². The van der Waals surface area contributed by atoms with Crippen molar-refractivity contribution in [1.29, 1.82) is 0 Å². The van der Waals surface area contributed by atoms with Crippen LogP contribution in [0.25, 0.3) is 5.69 Å². The topological polar surface area (TPSA) is 89.3 Å². The maximum atomic E-state index is 8.65. The van der Waals surface area contributed by atoms with Gasteiger partial charge in [-0.05, 0) is 38.5 Å². The van der Waals surface area contributed by atoms with Gasteiger partial charge in [0.2, 0.25) is 0 Å². The van der Waals surface area contributed by atoms with E-state index in [2.05, 4.69) is 15.2 Å². The van der Waals surface area contributed by atoms with E-state index in [1.54, 1.807) is 12.3 Å². The molecule has 0 spiro atoms. The zero-order valence-electron chi connectivity index (χ0n) is 10.5. The van der Waals surface area contributed by atoms with Crippen molar-refractivity contribution >= 4 is 5.84 Å². The predicted octanol–water partition coefficient (Wildman–Crippen LogP) is 1.29. The van der Waals surface area contributed by atoms with E-state index < -0.39 is 0 Å². The number of hydrogen-bond acceptors (Lipinski definition) is 4. The van der Waals surface area contributed by atoms with Gasteiger partial charge < -0.3 is 10.9 Å². The van der Waals surface area contributed by atoms with Crippen LogP contribution < -0.4 is 5.73 Å². The lowest BCUT2D eigenvalue weighted by atomic mass is 10.2. The Morgan fingerprint density at radius 3 is 2.67 bits per heavy atom. The van der Waals surface area contributed by atoms with Crippen molar-refractivity contribution in [2.45, 2.75) is 20.8 Å². The van der Waals surface area contributed by atoms with Gasteiger partial charge in [0.15, 0.2) is 5.84 Å². The molecule has 6 nitrogen and oxygen atoms in total. The van der Waals surface area contributed by atoms with Crippen LogP contribution in [0, 0.1) is 20.8 Å². The number of rotatable bonds is 2. The highest BCUT2D eigenvalue weighted by atomic mass is 16.4. The van der Waals surface area contributed by atoms with E-state index in [9.17, 15) is 0 Å². The quantitative estimate of drug-likeness (QED) is 0.361. The molecule has 0 saturated heterocycles. The summed E-state index contributed by atoms with van der Waals surface area (Å²) in [4.78, 5) is 4.04. The van der Waals surface area contributed by atoms with E-state index in [0.717, 1.165) is 22.6 Å². The minimum Gasteiger partial charge on any atom is -0.409 e. The van der Waals surface area contributed by atoms with Crippen molar-refractivity contribution in [3.63, 3.8) is 0 Å². The van der Waals surface area contributed by atoms with Gasteiger partial charge >= 0.3 is 0 Å². The summed E-state index contributed by atoms with van der Waals surface area (Å²) in [7, 11) is 0. The molecule has 2 rings (SSSR count). The van der Waals surface area contributed by atoms with Gasteiger partial charge in [0.1, 0.15) is 5.69 Å². The molecule has 0 aliphatic heterocycles. The molecule has 2 aromatic heterocycles. The van der Waals surface area contributed by atoms with Crippen molar-refractivity contribution in [2.24, 2.45) is 10.9 Å². The Bertz CT molecular complexity index is 615. The number of nitrogens with zero attached hydrogens (tertiary/aromatic N) is 4. The molecular formula is C12H15N5O. The largest absolute Gasteiger partial charge is 0.409 e. The number of hydrogen-bond donors (Lipinski definition) is 2. The van der Waals surface area contributed by atoms with Crippen molar-refractivity contribution in [3.8, 4) is 5.69 Å². The highest BCUT2D eigenvalue weighted by Crippen LogP contribution is 2.16. The highest BCUT2D eigenvalue weighted by Gasteiger charge is 2.10. The Balaban J connectivity index is 2.55. The molecule has 0 aliphatic carbocycles. The first-order chi connectivity index (χ1) is 8.54. The maximum absolute atomic E-state index is 8.65. The van der Waals surface area contributed by atoms with Crippen LogP contribution in [0.3, 0.4) is 0 Å². The van der Waals surface area contributed by atoms with E-state index in [1.807, 2.05) is 31.5 Å². The third-order valence-electron chi connectivity index (χ3n) is 3.01. The molecule has 0 saturated carbocycles. The van der Waals surface area contributed by atoms with E-state index in [-0.39, 0.29) is 5.84 Å². The number of oxime groups is 1. The molecule has 0 bridgehead atoms. The third kappa shape index (κ3) is 1.92. The van der Waals surface area contributed by atoms with Crippen LogP contribution in [0.15, 0.2) is 23.5 Å². The number of aromatic nitrogens is 3. The number of amidine groups is 1. The van der Waals surface area contributed by atoms with Gasteiger partial charge in [0, 0.05) is 11.9 Å². The molecule has 94 valence electrons. The van der Waals surface area contributed by atoms with Gasteiger partial charge in [-0.2, -0.15) is 5.10 Å². The van der Waals surface area contributed by atoms with E-state index in [1.165, 1.54) is 0 Å². The molecule has 0 amide bonds. The van der Waals surface area contributed by atoms with E-state index in [0.29, 0.717) is 5.69 Å². The zero-order chi connectivity index (χ0) is 13.3. The summed E-state index contributed by atoms with van der Waals surface area (Å²) < 4.78 is 1.82. The fourth-order valence-corrected chi connectivity index (χ4v) is 1.71. The monoisotopic (exact) mass is 245 g/mol. The maximum Gasteiger partial charge on any atom is 0.188 e. The molecule has 3 N–H and O–H groups in total. The van der Waals surface area contributed by atoms with Crippen LogP contribution in [0.5, 0.6) is 0 Å². The summed E-state index contributed by atoms with van der Waals surface area (Å²) in [6.07, 6.45) is 1.61. The summed E-state index contributed by atoms with van der Waals surface area (Å²) >= 11 is 0. The molecule has 0 aliphatic rings. The fourth-order valence-electron chi connectivity index (χ4n) is 1.71. The van der Waals surface area contributed by atoms with Crippen LogP contribution in [0.1, 0.15) is 22.6 Å². The zero-order valence-corrected chi connectivity index (χ0v) is 10.5. The van der Waals surface area contributed by atoms with Crippen LogP contribution in [0.2, 0.25) is 0 Å². The Kier molecular flexibility index (Phi) is 3.01. The summed E-state index contributed by atoms with van der Waals surface area (Å²) in [5, 5.41) is 16.0. The number of pyridine rings is 1. The van der Waals surface area contributed by atoms with Gasteiger partial charge in [-0.15, -0.1) is 0 Å². The second kappa shape index (κ2) is 4.48. The molecule has 2 heterocycles. The average molecular weight is 245 g/mol. The van der Waals surface area contributed by atoms with Crippen molar-refractivity contribution < 1.29 is 5.21 Å². The summed E-state index contributed by atoms with van der Waals surface area (Å²) in [6.45, 7) is 5.99. The lowest BCUT2D eigenvalue weighted by molar-refractivity contribution is 0.318. The van der Waals surface area contributed by atoms with Crippen molar-refractivity contribution in [2.75, 3.05) is 0 Å². The van der Waals surface area contributed by atoms with Gasteiger partial charge in [0.05, 0.1) is 11.4 Å². The van der Waals surface area contributed by atoms with Crippen LogP contribution in [-0.4, -0.2) is 25.8 Å². The molecule has 6 heteroatoms. The first-order valence-electron chi connectivity index (χ1n) is 5.51. The van der Waals surface area contributed by atoms with Crippen LogP contribution in [-0.2, 0) is 0 Å². The number of aryl methyl sites for hydroxylation is 1. The smallest absolute Gasteiger partial charge is 0.188 e. The second-order valence-corrected chi connectivity index (χ2v) is 4.09. The molecule has 0 fully saturated rings. The standard InChI is InChI=1S/C12H15N5O/c1-7-8(2)15-17(9(7)3)10-4-5-14-11(6-10)12(13)16-18/h4-6,18H,1-3H3,(H2,13,16). The minimum atomic E-state index is -0.0184. The molecule has 0 radical (unpaired) electrons. The van der Waals surface area contributed by atoms with Crippen LogP contribution in [0.4, 0.5) is 0 Å². The van der Waals surface area contributed by atoms with Gasteiger partial charge in [0.25, 0.3) is 0 Å². The molecular weight excluding hydrogens is 230 g/mol. The number of nitrogens with two attached hydrogens (primary N) is 1. The highest BCUT2D eigenvalue weighted by molar-refractivity contribution is 5.95. The van der Waals surface area contributed by atoms with Gasteiger partial charge in [-0.1, -0.05) is 5.16 Å². The Hall–Kier alpha value is -2.37. The Morgan fingerprint density at radius 1 is 1.39 bits per heavy atom. The van der Waals surface area contributed by atoms with E-state index >= 15 is 0 Å². The summed E-state index contributed by atoms with van der Waals surface area (Å²) in [5.41, 5.74) is 9.96. The van der Waals surface area contributed by atoms with Crippen LogP contribution >= 0.6 is 0 Å². The lowest BCUT2D eigenvalue weighted by Gasteiger charge is -2.06. The molecule has 2 aromatic rings. The summed E-state index contributed by atoms with van der Waals surface area (Å²) in [6, 6.07) is 3.56. The van der Waals surface area contributed by atoms with E-state index in [4.69, 9.17) is 10.9 Å². The third-order valence-corrected chi connectivity index (χ3v) is 3.01. The Morgan fingerprint density at radius 2 is 2.11 bits per heavy atom. The molecule has 0 aromatic carbocycles. The van der Waals surface area contributed by atoms with Crippen molar-refractivity contribution in [3.05, 3.63) is 41.0 Å². The first-order valence-corrected chi connectivity index (χ1v) is 5.51. The molecule has 0 unspecified atom stereocenters. The molecule has 18 heavy (non-hydrogen) atoms. The summed E-state index contributed by atoms with van der Waals surface area (Å²) in [5.74, 6) is -0.0184. The lowest BCUT2D eigenvalue weighted by Crippen LogP contribution is -2.15. The molecule has 0 atom stereocenters. The first kappa shape index (κ1) is 12.1. The fraction of sp³-hybridized carbons (Fsp3) is 0.250. The Labute approximate surface area is 105 Å². The minimum absolute atomic E-state index is 0.0184.